The van der Waals surface area contributed by atoms with Crippen molar-refractivity contribution >= 4 is 18.0 Å². The van der Waals surface area contributed by atoms with Gasteiger partial charge in [0.15, 0.2) is 0 Å². The molecule has 1 rings (SSSR count). The maximum atomic E-state index is 10.4. The topological polar surface area (TPSA) is 17.1 Å². The summed E-state index contributed by atoms with van der Waals surface area (Å²) in [5, 5.41) is 0.454. The van der Waals surface area contributed by atoms with E-state index in [2.05, 4.69) is 45.0 Å². The summed E-state index contributed by atoms with van der Waals surface area (Å²) >= 11 is 1.71. The van der Waals surface area contributed by atoms with Crippen LogP contribution < -0.4 is 0 Å². The summed E-state index contributed by atoms with van der Waals surface area (Å²) in [4.78, 5) is 10.4. The van der Waals surface area contributed by atoms with Gasteiger partial charge >= 0.3 is 0 Å². The second kappa shape index (κ2) is 6.85. The lowest BCUT2D eigenvalue weighted by Crippen LogP contribution is -2.23. The Kier molecular flexibility index (Phi) is 5.76. The molecule has 1 unspecified atom stereocenters. The molecule has 1 atom stereocenters. The zero-order valence-electron chi connectivity index (χ0n) is 10.7. The molecule has 0 bridgehead atoms. The summed E-state index contributed by atoms with van der Waals surface area (Å²) < 4.78 is 0. The molecule has 0 heterocycles. The van der Waals surface area contributed by atoms with Crippen molar-refractivity contribution in [3.05, 3.63) is 42.8 Å². The van der Waals surface area contributed by atoms with Gasteiger partial charge in [-0.25, -0.2) is 0 Å². The molecule has 0 aromatic heterocycles. The van der Waals surface area contributed by atoms with Gasteiger partial charge in [0.2, 0.25) is 0 Å². The van der Waals surface area contributed by atoms with E-state index < -0.39 is 0 Å². The first-order chi connectivity index (χ1) is 8.10. The summed E-state index contributed by atoms with van der Waals surface area (Å²) in [5.74, 6) is 0.574. The monoisotopic (exact) mass is 249 g/mol. The fourth-order valence-corrected chi connectivity index (χ4v) is 3.05. The summed E-state index contributed by atoms with van der Waals surface area (Å²) in [6, 6.07) is 10.5. The number of aldehydes is 1. The number of rotatable bonds is 7. The third-order valence-electron chi connectivity index (χ3n) is 3.02. The summed E-state index contributed by atoms with van der Waals surface area (Å²) in [6.45, 7) is 8.49. The van der Waals surface area contributed by atoms with E-state index in [-0.39, 0.29) is 5.41 Å². The van der Waals surface area contributed by atoms with Crippen molar-refractivity contribution in [3.8, 4) is 0 Å². The normalized spacial score (nSPS) is 13.4. The molecule has 17 heavy (non-hydrogen) atoms. The van der Waals surface area contributed by atoms with Gasteiger partial charge in [0.05, 0.1) is 0 Å². The van der Waals surface area contributed by atoms with Gasteiger partial charge in [-0.1, -0.05) is 51.1 Å². The number of carbonyl (C=O) groups excluding carboxylic acids is 1. The first kappa shape index (κ1) is 14.3. The molecule has 0 N–H and O–H groups in total. The van der Waals surface area contributed by atoms with Crippen LogP contribution in [0.4, 0.5) is 0 Å². The van der Waals surface area contributed by atoms with E-state index in [9.17, 15) is 4.79 Å². The lowest BCUT2D eigenvalue weighted by Gasteiger charge is -2.29. The van der Waals surface area contributed by atoms with E-state index in [0.29, 0.717) is 11.0 Å². The standard InChI is InChI=1S/C15H21OS/c1-4-14(17-11-10-16)12-15(2,3)13-8-6-5-7-9-13/h5-10,14H,1,4,11-12H2,2-3H3. The number of thioether (sulfide) groups is 1. The molecule has 0 saturated heterocycles. The van der Waals surface area contributed by atoms with Gasteiger partial charge in [0, 0.05) is 11.0 Å². The van der Waals surface area contributed by atoms with Crippen LogP contribution in [-0.4, -0.2) is 17.3 Å². The van der Waals surface area contributed by atoms with E-state index in [0.717, 1.165) is 19.1 Å². The minimum absolute atomic E-state index is 0.138. The first-order valence-electron chi connectivity index (χ1n) is 6.00. The third-order valence-corrected chi connectivity index (χ3v) is 4.22. The molecule has 0 aliphatic heterocycles. The number of hydrogen-bond acceptors (Lipinski definition) is 2. The minimum Gasteiger partial charge on any atom is -0.302 e. The van der Waals surface area contributed by atoms with Crippen LogP contribution in [0.1, 0.15) is 32.3 Å². The molecule has 0 amide bonds. The van der Waals surface area contributed by atoms with E-state index >= 15 is 0 Å². The van der Waals surface area contributed by atoms with Crippen LogP contribution >= 0.6 is 11.8 Å². The quantitative estimate of drug-likeness (QED) is 0.682. The fraction of sp³-hybridized carbons (Fsp3) is 0.467. The predicted octanol–water partition coefficient (Wildman–Crippen LogP) is 3.88. The van der Waals surface area contributed by atoms with Crippen LogP contribution in [0.2, 0.25) is 0 Å². The van der Waals surface area contributed by atoms with Gasteiger partial charge in [-0.05, 0) is 23.8 Å². The van der Waals surface area contributed by atoms with Crippen molar-refractivity contribution in [1.82, 2.24) is 0 Å². The van der Waals surface area contributed by atoms with Gasteiger partial charge in [0.25, 0.3) is 0 Å². The van der Waals surface area contributed by atoms with Crippen LogP contribution in [-0.2, 0) is 10.2 Å². The van der Waals surface area contributed by atoms with Crippen molar-refractivity contribution in [3.63, 3.8) is 0 Å². The average molecular weight is 249 g/mol. The Morgan fingerprint density at radius 3 is 2.53 bits per heavy atom. The Morgan fingerprint density at radius 1 is 1.35 bits per heavy atom. The Morgan fingerprint density at radius 2 is 2.00 bits per heavy atom. The largest absolute Gasteiger partial charge is 0.302 e. The molecule has 2 heteroatoms. The van der Waals surface area contributed by atoms with Gasteiger partial charge in [-0.15, -0.1) is 0 Å². The van der Waals surface area contributed by atoms with Crippen molar-refractivity contribution in [2.45, 2.75) is 37.4 Å². The maximum absolute atomic E-state index is 10.4. The Hall–Kier alpha value is -0.760. The van der Waals surface area contributed by atoms with Crippen LogP contribution in [0.25, 0.3) is 0 Å². The zero-order valence-corrected chi connectivity index (χ0v) is 11.5. The second-order valence-electron chi connectivity index (χ2n) is 4.86. The van der Waals surface area contributed by atoms with Crippen molar-refractivity contribution in [2.75, 3.05) is 5.75 Å². The summed E-state index contributed by atoms with van der Waals surface area (Å²) in [6.07, 6.45) is 2.90. The van der Waals surface area contributed by atoms with Crippen LogP contribution in [0, 0.1) is 6.92 Å². The van der Waals surface area contributed by atoms with Gasteiger partial charge in [-0.3, -0.25) is 0 Å². The average Bonchev–Trinajstić information content (AvgIpc) is 2.35. The second-order valence-corrected chi connectivity index (χ2v) is 6.20. The van der Waals surface area contributed by atoms with Gasteiger partial charge in [0.1, 0.15) is 6.29 Å². The molecule has 1 aromatic rings. The van der Waals surface area contributed by atoms with Crippen molar-refractivity contribution in [2.24, 2.45) is 0 Å². The minimum atomic E-state index is 0.138. The molecule has 0 aliphatic rings. The number of benzene rings is 1. The highest BCUT2D eigenvalue weighted by atomic mass is 32.2. The highest BCUT2D eigenvalue weighted by Crippen LogP contribution is 2.33. The Balaban J connectivity index is 2.67. The Bertz CT molecular complexity index is 332. The number of hydrogen-bond donors (Lipinski definition) is 0. The first-order valence-corrected chi connectivity index (χ1v) is 7.05. The molecule has 1 nitrogen and oxygen atoms in total. The summed E-state index contributed by atoms with van der Waals surface area (Å²) in [5.41, 5.74) is 1.49. The van der Waals surface area contributed by atoms with Gasteiger partial charge in [-0.2, -0.15) is 11.8 Å². The number of carbonyl (C=O) groups is 1. The van der Waals surface area contributed by atoms with Gasteiger partial charge < -0.3 is 4.79 Å². The van der Waals surface area contributed by atoms with Crippen molar-refractivity contribution in [1.29, 1.82) is 0 Å². The van der Waals surface area contributed by atoms with Crippen LogP contribution in [0.3, 0.4) is 0 Å². The highest BCUT2D eigenvalue weighted by molar-refractivity contribution is 8.00. The lowest BCUT2D eigenvalue weighted by molar-refractivity contribution is -0.105. The lowest BCUT2D eigenvalue weighted by atomic mass is 9.80. The zero-order chi connectivity index (χ0) is 12.7. The molecule has 0 saturated carbocycles. The summed E-state index contributed by atoms with van der Waals surface area (Å²) in [7, 11) is 0. The molecule has 1 radical (unpaired) electrons. The van der Waals surface area contributed by atoms with E-state index in [1.54, 1.807) is 11.8 Å². The molecule has 1 aromatic carbocycles. The van der Waals surface area contributed by atoms with Crippen LogP contribution in [0.15, 0.2) is 30.3 Å². The SMILES string of the molecule is [CH2]CC(CC(C)(C)c1ccccc1)SCC=O. The third kappa shape index (κ3) is 4.55. The highest BCUT2D eigenvalue weighted by Gasteiger charge is 2.24. The Labute approximate surface area is 109 Å². The molecule has 0 fully saturated rings. The van der Waals surface area contributed by atoms with Crippen molar-refractivity contribution < 1.29 is 4.79 Å². The van der Waals surface area contributed by atoms with E-state index in [1.807, 2.05) is 6.07 Å². The molecular weight excluding hydrogens is 228 g/mol. The molecule has 93 valence electrons. The predicted molar refractivity (Wildman–Crippen MR) is 76.4 cm³/mol. The smallest absolute Gasteiger partial charge is 0.129 e. The molecule has 0 aliphatic carbocycles. The fourth-order valence-electron chi connectivity index (χ4n) is 2.00. The van der Waals surface area contributed by atoms with Crippen LogP contribution in [0.5, 0.6) is 0 Å². The van der Waals surface area contributed by atoms with E-state index in [1.165, 1.54) is 5.56 Å². The van der Waals surface area contributed by atoms with E-state index in [4.69, 9.17) is 0 Å². The molecular formula is C15H21OS. The maximum Gasteiger partial charge on any atom is 0.129 e. The molecule has 0 spiro atoms.